The van der Waals surface area contributed by atoms with Crippen molar-refractivity contribution in [3.8, 4) is 11.5 Å². The lowest BCUT2D eigenvalue weighted by atomic mass is 9.87. The van der Waals surface area contributed by atoms with Crippen molar-refractivity contribution < 1.29 is 47.5 Å². The van der Waals surface area contributed by atoms with Gasteiger partial charge in [0.25, 0.3) is 0 Å². The van der Waals surface area contributed by atoms with Gasteiger partial charge in [0.05, 0.1) is 86.9 Å². The number of hydrogen-bond acceptors (Lipinski definition) is 10. The third-order valence-electron chi connectivity index (χ3n) is 13.2. The first-order valence-electron chi connectivity index (χ1n) is 24.3. The predicted molar refractivity (Wildman–Crippen MR) is 256 cm³/mol. The van der Waals surface area contributed by atoms with Crippen LogP contribution in [-0.4, -0.2) is 115 Å². The lowest BCUT2D eigenvalue weighted by Crippen LogP contribution is -2.56. The standard InChI is InChI=1S/C54H85NO10/c1-37(63-53(12,13)29-45-32-58-45)27-51(8,9)55(42(31-56)26-41-18-21-43(22-19-41)62-35-49(4,5)39(3)61-36-50(6,7)47-34-60-47)48(57)25-20-40-16-23-44(24-17-40)65-52(10,11)28-38(2)64-54(14,15)30-46-33-59-46/h16-19,21-24,31,37-39,42,45-47H,20,25-30,32-36H2,1-15H3. The number of aldehydes is 1. The van der Waals surface area contributed by atoms with E-state index in [2.05, 4.69) is 90.0 Å². The Kier molecular flexibility index (Phi) is 17.5. The number of aryl methyl sites for hydroxylation is 1. The molecule has 3 aliphatic heterocycles. The molecule has 0 aliphatic carbocycles. The number of hydrogen-bond donors (Lipinski definition) is 0. The van der Waals surface area contributed by atoms with E-state index in [9.17, 15) is 9.59 Å². The molecule has 3 aliphatic rings. The average Bonchev–Trinajstić information content (AvgIpc) is 4.02. The number of rotatable bonds is 30. The Labute approximate surface area is 392 Å². The van der Waals surface area contributed by atoms with Gasteiger partial charge in [-0.1, -0.05) is 52.0 Å². The summed E-state index contributed by atoms with van der Waals surface area (Å²) in [4.78, 5) is 29.5. The van der Waals surface area contributed by atoms with Crippen molar-refractivity contribution in [2.45, 2.75) is 214 Å². The fourth-order valence-electron chi connectivity index (χ4n) is 9.37. The van der Waals surface area contributed by atoms with E-state index in [-0.39, 0.29) is 64.9 Å². The van der Waals surface area contributed by atoms with Crippen LogP contribution in [0.25, 0.3) is 0 Å². The van der Waals surface area contributed by atoms with E-state index in [4.69, 9.17) is 37.9 Å². The average molecular weight is 908 g/mol. The van der Waals surface area contributed by atoms with Crippen LogP contribution in [0.2, 0.25) is 0 Å². The number of benzene rings is 2. The molecule has 3 fully saturated rings. The second-order valence-corrected chi connectivity index (χ2v) is 23.3. The minimum Gasteiger partial charge on any atom is -0.493 e. The Morgan fingerprint density at radius 3 is 1.71 bits per heavy atom. The zero-order valence-electron chi connectivity index (χ0n) is 42.8. The Hall–Kier alpha value is -3.06. The van der Waals surface area contributed by atoms with Gasteiger partial charge in [0, 0.05) is 42.1 Å². The molecule has 3 heterocycles. The van der Waals surface area contributed by atoms with Crippen LogP contribution in [0.4, 0.5) is 0 Å². The van der Waals surface area contributed by atoms with Crippen LogP contribution < -0.4 is 9.47 Å². The molecule has 0 bridgehead atoms. The molecule has 11 nitrogen and oxygen atoms in total. The maximum Gasteiger partial charge on any atom is 0.223 e. The second kappa shape index (κ2) is 21.5. The van der Waals surface area contributed by atoms with Gasteiger partial charge in [-0.2, -0.15) is 0 Å². The van der Waals surface area contributed by atoms with Gasteiger partial charge in [-0.15, -0.1) is 0 Å². The lowest BCUT2D eigenvalue weighted by Gasteiger charge is -2.44. The first-order valence-corrected chi connectivity index (χ1v) is 24.3. The molecule has 7 unspecified atom stereocenters. The lowest BCUT2D eigenvalue weighted by molar-refractivity contribution is -0.146. The van der Waals surface area contributed by atoms with Crippen molar-refractivity contribution >= 4 is 12.2 Å². The van der Waals surface area contributed by atoms with Crippen LogP contribution in [0.15, 0.2) is 48.5 Å². The minimum atomic E-state index is -0.701. The highest BCUT2D eigenvalue weighted by atomic mass is 16.6. The van der Waals surface area contributed by atoms with Gasteiger partial charge in [-0.25, -0.2) is 0 Å². The van der Waals surface area contributed by atoms with Gasteiger partial charge in [0.1, 0.15) is 23.4 Å². The quantitative estimate of drug-likeness (QED) is 0.0553. The van der Waals surface area contributed by atoms with E-state index in [1.165, 1.54) is 0 Å². The molecule has 2 aromatic carbocycles. The smallest absolute Gasteiger partial charge is 0.223 e. The molecular formula is C54H85NO10. The predicted octanol–water partition coefficient (Wildman–Crippen LogP) is 10.2. The van der Waals surface area contributed by atoms with Crippen LogP contribution in [-0.2, 0) is 50.9 Å². The van der Waals surface area contributed by atoms with E-state index >= 15 is 0 Å². The van der Waals surface area contributed by atoms with Crippen molar-refractivity contribution in [1.82, 2.24) is 4.90 Å². The molecule has 0 saturated carbocycles. The Morgan fingerprint density at radius 2 is 1.20 bits per heavy atom. The summed E-state index contributed by atoms with van der Waals surface area (Å²) in [5.41, 5.74) is -0.116. The Balaban J connectivity index is 1.21. The molecule has 11 heteroatoms. The number of carbonyl (C=O) groups is 2. The topological polar surface area (TPSA) is 121 Å². The Bertz CT molecular complexity index is 1810. The van der Waals surface area contributed by atoms with Gasteiger partial charge in [-0.05, 0) is 131 Å². The van der Waals surface area contributed by atoms with E-state index in [0.717, 1.165) is 68.0 Å². The third kappa shape index (κ3) is 17.5. The zero-order valence-corrected chi connectivity index (χ0v) is 42.8. The van der Waals surface area contributed by atoms with Crippen LogP contribution in [0.3, 0.4) is 0 Å². The largest absolute Gasteiger partial charge is 0.493 e. The fraction of sp³-hybridized carbons (Fsp3) is 0.741. The highest BCUT2D eigenvalue weighted by molar-refractivity contribution is 5.81. The summed E-state index contributed by atoms with van der Waals surface area (Å²) in [5.74, 6) is 1.42. The highest BCUT2D eigenvalue weighted by Gasteiger charge is 2.42. The summed E-state index contributed by atoms with van der Waals surface area (Å²) in [7, 11) is 0. The van der Waals surface area contributed by atoms with Crippen LogP contribution >= 0.6 is 0 Å². The summed E-state index contributed by atoms with van der Waals surface area (Å²) < 4.78 is 48.5. The number of amides is 1. The van der Waals surface area contributed by atoms with Crippen LogP contribution in [0.1, 0.15) is 147 Å². The van der Waals surface area contributed by atoms with Crippen molar-refractivity contribution in [3.63, 3.8) is 0 Å². The maximum absolute atomic E-state index is 14.5. The first-order chi connectivity index (χ1) is 30.2. The molecule has 0 radical (unpaired) electrons. The summed E-state index contributed by atoms with van der Waals surface area (Å²) >= 11 is 0. The summed E-state index contributed by atoms with van der Waals surface area (Å²) in [6.07, 6.45) is 5.61. The Morgan fingerprint density at radius 1 is 0.692 bits per heavy atom. The maximum atomic E-state index is 14.5. The molecule has 3 saturated heterocycles. The number of ether oxygens (including phenoxy) is 8. The van der Waals surface area contributed by atoms with Crippen LogP contribution in [0, 0.1) is 10.8 Å². The minimum absolute atomic E-state index is 0.00145. The van der Waals surface area contributed by atoms with Gasteiger partial charge in [0.15, 0.2) is 0 Å². The molecular weight excluding hydrogens is 823 g/mol. The summed E-state index contributed by atoms with van der Waals surface area (Å²) in [5, 5.41) is 0. The van der Waals surface area contributed by atoms with Crippen molar-refractivity contribution in [2.24, 2.45) is 10.8 Å². The van der Waals surface area contributed by atoms with Crippen LogP contribution in [0.5, 0.6) is 11.5 Å². The van der Waals surface area contributed by atoms with Crippen molar-refractivity contribution in [2.75, 3.05) is 33.0 Å². The fourth-order valence-corrected chi connectivity index (χ4v) is 9.37. The van der Waals surface area contributed by atoms with Gasteiger partial charge in [0.2, 0.25) is 5.91 Å². The molecule has 0 aromatic heterocycles. The SMILES string of the molecule is CC(CC(C)(C)Oc1ccc(CCC(=O)N(C(C=O)Cc2ccc(OCC(C)(C)C(C)OCC(C)(C)C3CO3)cc2)C(C)(C)CC(C)OC(C)(C)CC2CO2)cc1)OC(C)(C)CC1CO1. The van der Waals surface area contributed by atoms with E-state index in [1.54, 1.807) is 0 Å². The van der Waals surface area contributed by atoms with E-state index in [1.807, 2.05) is 67.3 Å². The molecule has 65 heavy (non-hydrogen) atoms. The van der Waals surface area contributed by atoms with Crippen molar-refractivity contribution in [3.05, 3.63) is 59.7 Å². The third-order valence-corrected chi connectivity index (χ3v) is 13.2. The second-order valence-electron chi connectivity index (χ2n) is 23.3. The van der Waals surface area contributed by atoms with Gasteiger partial charge < -0.3 is 47.6 Å². The molecule has 1 amide bonds. The molecule has 0 spiro atoms. The molecule has 366 valence electrons. The van der Waals surface area contributed by atoms with Crippen molar-refractivity contribution in [1.29, 1.82) is 0 Å². The van der Waals surface area contributed by atoms with E-state index in [0.29, 0.717) is 38.6 Å². The van der Waals surface area contributed by atoms with Gasteiger partial charge >= 0.3 is 0 Å². The normalized spacial score (nSPS) is 20.9. The number of carbonyl (C=O) groups excluding carboxylic acids is 2. The van der Waals surface area contributed by atoms with E-state index < -0.39 is 17.2 Å². The molecule has 2 aromatic rings. The monoisotopic (exact) mass is 908 g/mol. The van der Waals surface area contributed by atoms with Gasteiger partial charge in [-0.3, -0.25) is 4.79 Å². The zero-order chi connectivity index (χ0) is 48.0. The number of epoxide rings is 3. The summed E-state index contributed by atoms with van der Waals surface area (Å²) in [6.45, 7) is 35.1. The first kappa shape index (κ1) is 52.9. The number of nitrogens with zero attached hydrogens (tertiary/aromatic N) is 1. The highest BCUT2D eigenvalue weighted by Crippen LogP contribution is 2.36. The summed E-state index contributed by atoms with van der Waals surface area (Å²) in [6, 6.07) is 15.2. The molecule has 5 rings (SSSR count). The molecule has 7 atom stereocenters. The molecule has 0 N–H and O–H groups in total.